The van der Waals surface area contributed by atoms with E-state index in [9.17, 15) is 4.79 Å². The van der Waals surface area contributed by atoms with E-state index in [-0.39, 0.29) is 11.5 Å². The number of hydrogen-bond acceptors (Lipinski definition) is 4. The third kappa shape index (κ3) is 5.03. The quantitative estimate of drug-likeness (QED) is 0.613. The van der Waals surface area contributed by atoms with Crippen molar-refractivity contribution in [1.29, 1.82) is 0 Å². The van der Waals surface area contributed by atoms with Crippen LogP contribution in [0.5, 0.6) is 0 Å². The number of carbonyl (C=O) groups is 1. The lowest BCUT2D eigenvalue weighted by atomic mass is 9.87. The monoisotopic (exact) mass is 381 g/mol. The number of rotatable bonds is 8. The van der Waals surface area contributed by atoms with E-state index in [1.165, 1.54) is 24.1 Å². The fraction of sp³-hybridized carbons (Fsp3) is 0.478. The number of fused-ring (bicyclic) bond motifs is 1. The van der Waals surface area contributed by atoms with Crippen molar-refractivity contribution in [3.63, 3.8) is 0 Å². The van der Waals surface area contributed by atoms with Crippen molar-refractivity contribution in [1.82, 2.24) is 4.98 Å². The normalized spacial score (nSPS) is 14.6. The Labute approximate surface area is 168 Å². The van der Waals surface area contributed by atoms with Gasteiger partial charge < -0.3 is 9.64 Å². The topological polar surface area (TPSA) is 54.5 Å². The molecule has 2 heterocycles. The highest BCUT2D eigenvalue weighted by Gasteiger charge is 2.35. The molecule has 0 radical (unpaired) electrons. The van der Waals surface area contributed by atoms with E-state index in [4.69, 9.17) is 4.74 Å². The van der Waals surface area contributed by atoms with Crippen LogP contribution in [0.25, 0.3) is 0 Å². The molecule has 2 aromatic rings. The summed E-state index contributed by atoms with van der Waals surface area (Å²) in [7, 11) is 0. The van der Waals surface area contributed by atoms with Crippen molar-refractivity contribution in [3.8, 4) is 0 Å². The molecule has 0 saturated carbocycles. The molecule has 0 atom stereocenters. The molecule has 0 spiro atoms. The second-order valence-electron chi connectivity index (χ2n) is 8.11. The smallest absolute Gasteiger partial charge is 0.411 e. The minimum absolute atomic E-state index is 0.00581. The summed E-state index contributed by atoms with van der Waals surface area (Å²) >= 11 is 0. The van der Waals surface area contributed by atoms with Crippen molar-refractivity contribution in [3.05, 3.63) is 53.9 Å². The maximum atomic E-state index is 12.1. The molecule has 1 amide bonds. The number of unbranched alkanes of at least 4 members (excludes halogenated alkanes) is 3. The van der Waals surface area contributed by atoms with E-state index >= 15 is 0 Å². The van der Waals surface area contributed by atoms with Crippen molar-refractivity contribution in [2.45, 2.75) is 58.4 Å². The Morgan fingerprint density at radius 3 is 2.82 bits per heavy atom. The van der Waals surface area contributed by atoms with Crippen LogP contribution in [0, 0.1) is 0 Å². The summed E-state index contributed by atoms with van der Waals surface area (Å²) in [6, 6.07) is 12.1. The molecular formula is C23H31N3O2. The lowest BCUT2D eigenvalue weighted by molar-refractivity contribution is 0.159. The Kier molecular flexibility index (Phi) is 6.55. The number of amides is 1. The van der Waals surface area contributed by atoms with Gasteiger partial charge in [0.05, 0.1) is 18.8 Å². The molecule has 0 aliphatic carbocycles. The van der Waals surface area contributed by atoms with E-state index < -0.39 is 0 Å². The van der Waals surface area contributed by atoms with Crippen LogP contribution in [0.15, 0.2) is 42.6 Å². The SMILES string of the molecule is CCCCCCOC(=O)Nc1ccc2c(c1)C(C)(C)CN2Cc1ccccn1. The highest BCUT2D eigenvalue weighted by Crippen LogP contribution is 2.42. The molecule has 0 bridgehead atoms. The van der Waals surface area contributed by atoms with Crippen molar-refractivity contribution in [2.75, 3.05) is 23.4 Å². The fourth-order valence-corrected chi connectivity index (χ4v) is 3.76. The molecule has 0 fully saturated rings. The van der Waals surface area contributed by atoms with E-state index in [2.05, 4.69) is 54.2 Å². The van der Waals surface area contributed by atoms with Gasteiger partial charge >= 0.3 is 6.09 Å². The van der Waals surface area contributed by atoms with Gasteiger partial charge in [0.25, 0.3) is 0 Å². The molecule has 0 saturated heterocycles. The van der Waals surface area contributed by atoms with Gasteiger partial charge in [-0.3, -0.25) is 10.3 Å². The number of carbonyl (C=O) groups excluding carboxylic acids is 1. The molecule has 1 N–H and O–H groups in total. The number of nitrogens with one attached hydrogen (secondary N) is 1. The van der Waals surface area contributed by atoms with Crippen LogP contribution in [-0.2, 0) is 16.7 Å². The lowest BCUT2D eigenvalue weighted by Gasteiger charge is -2.22. The van der Waals surface area contributed by atoms with Gasteiger partial charge in [-0.2, -0.15) is 0 Å². The Morgan fingerprint density at radius 1 is 1.21 bits per heavy atom. The number of ether oxygens (including phenoxy) is 1. The third-order valence-corrected chi connectivity index (χ3v) is 5.21. The summed E-state index contributed by atoms with van der Waals surface area (Å²) in [5, 5.41) is 2.87. The molecule has 3 rings (SSSR count). The minimum Gasteiger partial charge on any atom is -0.449 e. The Bertz CT molecular complexity index is 790. The van der Waals surface area contributed by atoms with Crippen molar-refractivity contribution < 1.29 is 9.53 Å². The van der Waals surface area contributed by atoms with Gasteiger partial charge in [0.2, 0.25) is 0 Å². The summed E-state index contributed by atoms with van der Waals surface area (Å²) in [4.78, 5) is 18.9. The predicted octanol–water partition coefficient (Wildman–Crippen LogP) is 5.51. The zero-order chi connectivity index (χ0) is 20.0. The van der Waals surface area contributed by atoms with Crippen LogP contribution >= 0.6 is 0 Å². The summed E-state index contributed by atoms with van der Waals surface area (Å²) in [5.74, 6) is 0. The molecule has 1 aliphatic heterocycles. The second kappa shape index (κ2) is 9.09. The standard InChI is InChI=1S/C23H31N3O2/c1-4-5-6-9-14-28-22(27)25-18-11-12-21-20(15-18)23(2,3)17-26(21)16-19-10-7-8-13-24-19/h7-8,10-13,15H,4-6,9,14,16-17H2,1-3H3,(H,25,27). The average Bonchev–Trinajstić information content (AvgIpc) is 2.92. The molecule has 5 heteroatoms. The second-order valence-corrected chi connectivity index (χ2v) is 8.11. The van der Waals surface area contributed by atoms with Gasteiger partial charge in [0.15, 0.2) is 0 Å². The minimum atomic E-state index is -0.377. The first-order valence-corrected chi connectivity index (χ1v) is 10.2. The summed E-state index contributed by atoms with van der Waals surface area (Å²) in [6.07, 6.45) is 5.83. The molecule has 150 valence electrons. The van der Waals surface area contributed by atoms with Crippen LogP contribution in [0.4, 0.5) is 16.2 Å². The van der Waals surface area contributed by atoms with Gasteiger partial charge in [-0.25, -0.2) is 4.79 Å². The first-order valence-electron chi connectivity index (χ1n) is 10.2. The Balaban J connectivity index is 1.64. The van der Waals surface area contributed by atoms with Crippen LogP contribution in [0.3, 0.4) is 0 Å². The van der Waals surface area contributed by atoms with E-state index in [1.807, 2.05) is 24.4 Å². The number of aromatic nitrogens is 1. The zero-order valence-electron chi connectivity index (χ0n) is 17.2. The Hall–Kier alpha value is -2.56. The van der Waals surface area contributed by atoms with Crippen LogP contribution < -0.4 is 10.2 Å². The zero-order valence-corrected chi connectivity index (χ0v) is 17.2. The predicted molar refractivity (Wildman–Crippen MR) is 114 cm³/mol. The first-order chi connectivity index (χ1) is 13.5. The highest BCUT2D eigenvalue weighted by molar-refractivity contribution is 5.85. The van der Waals surface area contributed by atoms with Gasteiger partial charge in [0, 0.05) is 29.5 Å². The molecule has 0 unspecified atom stereocenters. The summed E-state index contributed by atoms with van der Waals surface area (Å²) < 4.78 is 5.30. The van der Waals surface area contributed by atoms with Crippen molar-refractivity contribution in [2.24, 2.45) is 0 Å². The third-order valence-electron chi connectivity index (χ3n) is 5.21. The molecule has 1 aromatic carbocycles. The van der Waals surface area contributed by atoms with Gasteiger partial charge in [0.1, 0.15) is 0 Å². The number of anilines is 2. The van der Waals surface area contributed by atoms with E-state index in [0.717, 1.165) is 37.3 Å². The van der Waals surface area contributed by atoms with Gasteiger partial charge in [-0.05, 0) is 42.3 Å². The largest absolute Gasteiger partial charge is 0.449 e. The molecule has 28 heavy (non-hydrogen) atoms. The van der Waals surface area contributed by atoms with E-state index in [0.29, 0.717) is 6.61 Å². The summed E-state index contributed by atoms with van der Waals surface area (Å²) in [5.41, 5.74) is 4.29. The van der Waals surface area contributed by atoms with Gasteiger partial charge in [-0.15, -0.1) is 0 Å². The Morgan fingerprint density at radius 2 is 2.07 bits per heavy atom. The number of benzene rings is 1. The molecular weight excluding hydrogens is 350 g/mol. The van der Waals surface area contributed by atoms with Crippen molar-refractivity contribution >= 4 is 17.5 Å². The lowest BCUT2D eigenvalue weighted by Crippen LogP contribution is -2.28. The van der Waals surface area contributed by atoms with Gasteiger partial charge in [-0.1, -0.05) is 46.1 Å². The molecule has 1 aliphatic rings. The van der Waals surface area contributed by atoms with Crippen LogP contribution in [-0.4, -0.2) is 24.2 Å². The van der Waals surface area contributed by atoms with Crippen LogP contribution in [0.1, 0.15) is 57.7 Å². The first kappa shape index (κ1) is 20.2. The van der Waals surface area contributed by atoms with E-state index in [1.54, 1.807) is 0 Å². The number of nitrogens with zero attached hydrogens (tertiary/aromatic N) is 2. The average molecular weight is 382 g/mol. The molecule has 5 nitrogen and oxygen atoms in total. The molecule has 1 aromatic heterocycles. The number of pyridine rings is 1. The maximum Gasteiger partial charge on any atom is 0.411 e. The summed E-state index contributed by atoms with van der Waals surface area (Å²) in [6.45, 7) is 8.81. The maximum absolute atomic E-state index is 12.1. The fourth-order valence-electron chi connectivity index (χ4n) is 3.76. The van der Waals surface area contributed by atoms with Crippen LogP contribution in [0.2, 0.25) is 0 Å². The number of hydrogen-bond donors (Lipinski definition) is 1. The highest BCUT2D eigenvalue weighted by atomic mass is 16.5.